The van der Waals surface area contributed by atoms with Gasteiger partial charge in [-0.3, -0.25) is 14.6 Å². The van der Waals surface area contributed by atoms with Crippen molar-refractivity contribution < 1.29 is 24.6 Å². The summed E-state index contributed by atoms with van der Waals surface area (Å²) in [6.07, 6.45) is -0.370. The van der Waals surface area contributed by atoms with Gasteiger partial charge in [-0.1, -0.05) is 12.1 Å². The average molecular weight is 506 g/mol. The molecule has 0 unspecified atom stereocenters. The van der Waals surface area contributed by atoms with Gasteiger partial charge in [0.05, 0.1) is 0 Å². The first-order valence-electron chi connectivity index (χ1n) is 11.2. The summed E-state index contributed by atoms with van der Waals surface area (Å²) >= 11 is 1.43. The van der Waals surface area contributed by atoms with Crippen molar-refractivity contribution in [2.24, 2.45) is 0 Å². The lowest BCUT2D eigenvalue weighted by molar-refractivity contribution is -0.114. The number of anilines is 2. The number of rotatable bonds is 8. The molecule has 0 saturated carbocycles. The minimum Gasteiger partial charge on any atom is -0.465 e. The Labute approximate surface area is 210 Å². The normalized spacial score (nSPS) is 11.8. The number of carbonyl (C=O) groups excluding carboxylic acids is 1. The predicted molar refractivity (Wildman–Crippen MR) is 137 cm³/mol. The van der Waals surface area contributed by atoms with Crippen LogP contribution in [0.25, 0.3) is 0 Å². The van der Waals surface area contributed by atoms with Crippen LogP contribution in [0, 0.1) is 0 Å². The quantitative estimate of drug-likeness (QED) is 0.365. The molecule has 1 aromatic heterocycles. The number of amides is 3. The van der Waals surface area contributed by atoms with Gasteiger partial charge in [0.1, 0.15) is 0 Å². The molecule has 0 aliphatic carbocycles. The molecule has 0 bridgehead atoms. The molecule has 2 aromatic rings. The molecular formula is C24H35N5O5S. The highest BCUT2D eigenvalue weighted by Gasteiger charge is 2.43. The first-order chi connectivity index (χ1) is 16.1. The fraction of sp³-hybridized carbons (Fsp3) is 0.500. The largest absolute Gasteiger partial charge is 0.465 e. The Morgan fingerprint density at radius 2 is 1.46 bits per heavy atom. The van der Waals surface area contributed by atoms with Crippen molar-refractivity contribution in [3.8, 4) is 0 Å². The van der Waals surface area contributed by atoms with E-state index >= 15 is 0 Å². The molecule has 0 saturated heterocycles. The number of benzene rings is 1. The molecule has 0 spiro atoms. The van der Waals surface area contributed by atoms with Crippen molar-refractivity contribution in [1.29, 1.82) is 0 Å². The van der Waals surface area contributed by atoms with Crippen LogP contribution in [0.4, 0.5) is 20.4 Å². The van der Waals surface area contributed by atoms with E-state index in [1.54, 1.807) is 47.7 Å². The van der Waals surface area contributed by atoms with E-state index in [-0.39, 0.29) is 5.91 Å². The van der Waals surface area contributed by atoms with Crippen LogP contribution in [-0.4, -0.2) is 60.5 Å². The molecule has 35 heavy (non-hydrogen) atoms. The molecular weight excluding hydrogens is 470 g/mol. The van der Waals surface area contributed by atoms with Crippen molar-refractivity contribution in [3.05, 3.63) is 40.9 Å². The molecule has 0 aliphatic heterocycles. The Kier molecular flexibility index (Phi) is 8.72. The van der Waals surface area contributed by atoms with Gasteiger partial charge < -0.3 is 20.8 Å². The van der Waals surface area contributed by atoms with Gasteiger partial charge in [-0.25, -0.2) is 14.6 Å². The number of thiazole rings is 1. The first-order valence-corrected chi connectivity index (χ1v) is 12.0. The lowest BCUT2D eigenvalue weighted by atomic mass is 10.0. The molecule has 0 fully saturated rings. The Morgan fingerprint density at radius 1 is 0.943 bits per heavy atom. The van der Waals surface area contributed by atoms with Crippen molar-refractivity contribution in [1.82, 2.24) is 14.8 Å². The average Bonchev–Trinajstić information content (AvgIpc) is 3.11. The fourth-order valence-corrected chi connectivity index (χ4v) is 4.44. The number of nitrogens with one attached hydrogen (secondary N) is 2. The van der Waals surface area contributed by atoms with Crippen molar-refractivity contribution in [3.63, 3.8) is 0 Å². The lowest BCUT2D eigenvalue weighted by Crippen LogP contribution is -2.66. The fourth-order valence-electron chi connectivity index (χ4n) is 3.58. The monoisotopic (exact) mass is 505 g/mol. The molecule has 192 valence electrons. The third-order valence-corrected chi connectivity index (χ3v) is 6.07. The van der Waals surface area contributed by atoms with Gasteiger partial charge >= 0.3 is 12.2 Å². The third kappa shape index (κ3) is 7.84. The molecule has 1 aromatic carbocycles. The van der Waals surface area contributed by atoms with Crippen LogP contribution in [0.1, 0.15) is 58.9 Å². The number of nitrogens with zero attached hydrogens (tertiary/aromatic N) is 3. The van der Waals surface area contributed by atoms with Crippen molar-refractivity contribution >= 4 is 40.2 Å². The Balaban J connectivity index is 2.23. The van der Waals surface area contributed by atoms with Gasteiger partial charge in [0.2, 0.25) is 5.91 Å². The topological polar surface area (TPSA) is 135 Å². The van der Waals surface area contributed by atoms with Gasteiger partial charge in [0.15, 0.2) is 11.4 Å². The van der Waals surface area contributed by atoms with E-state index in [2.05, 4.69) is 15.6 Å². The van der Waals surface area contributed by atoms with Crippen LogP contribution in [0.5, 0.6) is 0 Å². The molecule has 2 rings (SSSR count). The molecule has 3 amide bonds. The maximum absolute atomic E-state index is 12.2. The van der Waals surface area contributed by atoms with E-state index in [4.69, 9.17) is 0 Å². The van der Waals surface area contributed by atoms with E-state index in [1.165, 1.54) is 18.3 Å². The van der Waals surface area contributed by atoms with E-state index in [9.17, 15) is 24.6 Å². The summed E-state index contributed by atoms with van der Waals surface area (Å²) in [6, 6.07) is 7.45. The second kappa shape index (κ2) is 10.9. The minimum atomic E-state index is -1.23. The van der Waals surface area contributed by atoms with Crippen LogP contribution < -0.4 is 10.6 Å². The number of hydrogen-bond donors (Lipinski definition) is 4. The summed E-state index contributed by atoms with van der Waals surface area (Å²) in [6.45, 7) is 11.8. The van der Waals surface area contributed by atoms with Crippen molar-refractivity contribution in [2.75, 3.05) is 10.6 Å². The van der Waals surface area contributed by atoms with Crippen LogP contribution in [0.15, 0.2) is 30.5 Å². The van der Waals surface area contributed by atoms with Crippen molar-refractivity contribution in [2.45, 2.75) is 78.7 Å². The zero-order valence-electron chi connectivity index (χ0n) is 21.2. The molecule has 0 atom stereocenters. The molecule has 0 radical (unpaired) electrons. The van der Waals surface area contributed by atoms with Crippen LogP contribution >= 0.6 is 11.3 Å². The predicted octanol–water partition coefficient (Wildman–Crippen LogP) is 5.14. The molecule has 1 heterocycles. The standard InChI is InChI=1S/C24H35N5O5S/c1-15(30)26-19-25-14-18(35-19)13-10-16-8-11-17(12-9-16)27-20(28(21(31)32)23(2,3)4)29(22(33)34)24(5,6)7/h8-9,11-12,14,20,27H,10,13H2,1-7H3,(H,31,32)(H,33,34)(H,25,26,30). The second-order valence-electron chi connectivity index (χ2n) is 10.2. The molecule has 10 nitrogen and oxygen atoms in total. The van der Waals surface area contributed by atoms with Crippen LogP contribution in [0.2, 0.25) is 0 Å². The molecule has 0 aliphatic rings. The van der Waals surface area contributed by atoms with E-state index < -0.39 is 29.6 Å². The maximum atomic E-state index is 12.2. The molecule has 4 N–H and O–H groups in total. The zero-order chi connectivity index (χ0) is 26.6. The summed E-state index contributed by atoms with van der Waals surface area (Å²) in [7, 11) is 0. The Hall–Kier alpha value is -3.34. The Bertz CT molecular complexity index is 1010. The highest BCUT2D eigenvalue weighted by molar-refractivity contribution is 7.15. The second-order valence-corrected chi connectivity index (χ2v) is 11.3. The summed E-state index contributed by atoms with van der Waals surface area (Å²) in [5.74, 6) is -0.159. The van der Waals surface area contributed by atoms with E-state index in [1.807, 2.05) is 24.3 Å². The molecule has 11 heteroatoms. The number of hydrogen-bond acceptors (Lipinski definition) is 6. The number of aryl methyl sites for hydroxylation is 2. The number of aromatic nitrogens is 1. The van der Waals surface area contributed by atoms with Crippen LogP contribution in [0.3, 0.4) is 0 Å². The minimum absolute atomic E-state index is 0.159. The summed E-state index contributed by atoms with van der Waals surface area (Å²) in [5.41, 5.74) is -0.0885. The van der Waals surface area contributed by atoms with Gasteiger partial charge in [-0.05, 0) is 72.1 Å². The van der Waals surface area contributed by atoms with Gasteiger partial charge in [-0.15, -0.1) is 11.3 Å². The lowest BCUT2D eigenvalue weighted by Gasteiger charge is -2.48. The third-order valence-electron chi connectivity index (χ3n) is 5.09. The number of carbonyl (C=O) groups is 3. The SMILES string of the molecule is CC(=O)Nc1ncc(CCc2ccc(NC(N(C(=O)O)C(C)(C)C)N(C(=O)O)C(C)(C)C)cc2)s1. The Morgan fingerprint density at radius 3 is 1.89 bits per heavy atom. The summed E-state index contributed by atoms with van der Waals surface area (Å²) in [5, 5.41) is 26.3. The number of carboxylic acid groups (broad SMARTS) is 2. The van der Waals surface area contributed by atoms with Gasteiger partial charge in [0, 0.05) is 34.8 Å². The highest BCUT2D eigenvalue weighted by Crippen LogP contribution is 2.27. The maximum Gasteiger partial charge on any atom is 0.410 e. The van der Waals surface area contributed by atoms with E-state index in [0.717, 1.165) is 33.1 Å². The summed E-state index contributed by atoms with van der Waals surface area (Å²) < 4.78 is 0. The van der Waals surface area contributed by atoms with Gasteiger partial charge in [0.25, 0.3) is 0 Å². The van der Waals surface area contributed by atoms with Gasteiger partial charge in [-0.2, -0.15) is 0 Å². The summed E-state index contributed by atoms with van der Waals surface area (Å²) in [4.78, 5) is 43.0. The highest BCUT2D eigenvalue weighted by atomic mass is 32.1. The zero-order valence-corrected chi connectivity index (χ0v) is 22.1. The van der Waals surface area contributed by atoms with Crippen LogP contribution in [-0.2, 0) is 17.6 Å². The smallest absolute Gasteiger partial charge is 0.410 e. The van der Waals surface area contributed by atoms with E-state index in [0.29, 0.717) is 10.8 Å². The first kappa shape index (κ1) is 27.9.